The molecule has 176 valence electrons. The third kappa shape index (κ3) is 4.94. The molecule has 0 bridgehead atoms. The molecule has 0 radical (unpaired) electrons. The molecule has 0 spiro atoms. The average Bonchev–Trinajstić information content (AvgIpc) is 3.30. The van der Waals surface area contributed by atoms with Crippen LogP contribution in [0.3, 0.4) is 0 Å². The van der Waals surface area contributed by atoms with Crippen LogP contribution in [0.4, 0.5) is 35.5 Å². The van der Waals surface area contributed by atoms with E-state index < -0.39 is 17.8 Å². The summed E-state index contributed by atoms with van der Waals surface area (Å²) in [5.41, 5.74) is 0.0200. The number of anilines is 3. The summed E-state index contributed by atoms with van der Waals surface area (Å²) in [7, 11) is 0. The van der Waals surface area contributed by atoms with Crippen molar-refractivity contribution in [3.8, 4) is 0 Å². The Hall–Kier alpha value is -3.57. The lowest BCUT2D eigenvalue weighted by Crippen LogP contribution is -2.28. The smallest absolute Gasteiger partial charge is 0.416 e. The monoisotopic (exact) mass is 463 g/mol. The second kappa shape index (κ2) is 8.09. The average molecular weight is 463 g/mol. The van der Waals surface area contributed by atoms with Crippen molar-refractivity contribution in [3.63, 3.8) is 0 Å². The van der Waals surface area contributed by atoms with Crippen molar-refractivity contribution in [3.05, 3.63) is 36.0 Å². The number of nitrogens with zero attached hydrogens (tertiary/aromatic N) is 5. The maximum atomic E-state index is 13.2. The highest BCUT2D eigenvalue weighted by Gasteiger charge is 2.32. The van der Waals surface area contributed by atoms with Gasteiger partial charge in [0, 0.05) is 24.3 Å². The molecule has 1 saturated heterocycles. The van der Waals surface area contributed by atoms with Crippen molar-refractivity contribution in [1.29, 1.82) is 0 Å². The minimum atomic E-state index is -4.48. The number of amides is 1. The van der Waals surface area contributed by atoms with Crippen molar-refractivity contribution in [2.45, 2.75) is 44.9 Å². The van der Waals surface area contributed by atoms with Gasteiger partial charge in [-0.3, -0.25) is 4.57 Å². The summed E-state index contributed by atoms with van der Waals surface area (Å²) < 4.78 is 41.2. The number of hydrogen-bond donors (Lipinski definition) is 3. The summed E-state index contributed by atoms with van der Waals surface area (Å²) in [4.78, 5) is 26.1. The number of rotatable bonds is 4. The predicted molar refractivity (Wildman–Crippen MR) is 117 cm³/mol. The number of benzene rings is 1. The van der Waals surface area contributed by atoms with Crippen LogP contribution in [0.1, 0.15) is 38.8 Å². The molecule has 1 amide bonds. The largest absolute Gasteiger partial charge is 0.465 e. The molecule has 1 aromatic carbocycles. The fourth-order valence-corrected chi connectivity index (χ4v) is 3.75. The first-order chi connectivity index (χ1) is 15.4. The number of alkyl halides is 3. The van der Waals surface area contributed by atoms with Crippen LogP contribution in [0.25, 0.3) is 11.2 Å². The van der Waals surface area contributed by atoms with E-state index in [9.17, 15) is 23.1 Å². The molecular weight excluding hydrogens is 439 g/mol. The van der Waals surface area contributed by atoms with Crippen LogP contribution >= 0.6 is 0 Å². The van der Waals surface area contributed by atoms with Gasteiger partial charge in [-0.1, -0.05) is 6.07 Å². The molecule has 4 rings (SSSR count). The first-order valence-corrected chi connectivity index (χ1v) is 10.4. The molecule has 1 aliphatic rings. The summed E-state index contributed by atoms with van der Waals surface area (Å²) in [6.45, 7) is 6.42. The maximum absolute atomic E-state index is 13.2. The van der Waals surface area contributed by atoms with Crippen molar-refractivity contribution in [1.82, 2.24) is 24.4 Å². The highest BCUT2D eigenvalue weighted by Crippen LogP contribution is 2.34. The Morgan fingerprint density at radius 2 is 1.97 bits per heavy atom. The molecule has 9 nitrogen and oxygen atoms in total. The molecule has 0 saturated carbocycles. The molecule has 3 heterocycles. The van der Waals surface area contributed by atoms with Gasteiger partial charge in [-0.05, 0) is 45.4 Å². The molecule has 1 aliphatic heterocycles. The Labute approximate surface area is 187 Å². The van der Waals surface area contributed by atoms with Gasteiger partial charge in [0.1, 0.15) is 5.52 Å². The Kier molecular flexibility index (Phi) is 5.54. The van der Waals surface area contributed by atoms with Crippen LogP contribution in [0.2, 0.25) is 0 Å². The van der Waals surface area contributed by atoms with Crippen LogP contribution in [0, 0.1) is 0 Å². The Balaban J connectivity index is 1.77. The van der Waals surface area contributed by atoms with E-state index in [1.807, 2.05) is 20.8 Å². The van der Waals surface area contributed by atoms with Crippen LogP contribution in [0.15, 0.2) is 30.5 Å². The molecule has 1 atom stereocenters. The van der Waals surface area contributed by atoms with Crippen LogP contribution in [-0.4, -0.2) is 54.2 Å². The molecule has 0 aliphatic carbocycles. The zero-order valence-corrected chi connectivity index (χ0v) is 18.3. The molecule has 2 aromatic heterocycles. The van der Waals surface area contributed by atoms with Gasteiger partial charge < -0.3 is 20.6 Å². The Morgan fingerprint density at radius 1 is 1.21 bits per heavy atom. The number of aromatic nitrogens is 4. The number of nitrogens with one attached hydrogen (secondary N) is 2. The van der Waals surface area contributed by atoms with Crippen molar-refractivity contribution < 1.29 is 23.1 Å². The molecule has 12 heteroatoms. The zero-order valence-electron chi connectivity index (χ0n) is 18.3. The summed E-state index contributed by atoms with van der Waals surface area (Å²) in [6, 6.07) is 4.52. The number of halogens is 3. The Bertz CT molecular complexity index is 1190. The van der Waals surface area contributed by atoms with Crippen molar-refractivity contribution in [2.24, 2.45) is 0 Å². The minimum Gasteiger partial charge on any atom is -0.465 e. The zero-order chi connectivity index (χ0) is 24.0. The first-order valence-electron chi connectivity index (χ1n) is 10.4. The van der Waals surface area contributed by atoms with Crippen LogP contribution in [0.5, 0.6) is 0 Å². The first kappa shape index (κ1) is 22.6. The second-order valence-corrected chi connectivity index (χ2v) is 8.96. The molecule has 33 heavy (non-hydrogen) atoms. The van der Waals surface area contributed by atoms with E-state index in [-0.39, 0.29) is 29.8 Å². The summed E-state index contributed by atoms with van der Waals surface area (Å²) >= 11 is 0. The van der Waals surface area contributed by atoms with Gasteiger partial charge in [0.05, 0.1) is 17.8 Å². The SMILES string of the molecule is CC(C)(C)Nc1ncc2nc(Nc3cccc(C(F)(F)F)c3)n(C3CCN(C(=O)O)C3)c2n1. The number of hydrogen-bond acceptors (Lipinski definition) is 6. The fourth-order valence-electron chi connectivity index (χ4n) is 3.75. The number of carbonyl (C=O) groups is 1. The standard InChI is InChI=1S/C21H24F3N7O2/c1-20(2,3)29-17-25-10-15-16(28-17)31(14-7-8-30(11-14)19(32)33)18(27-15)26-13-6-4-5-12(9-13)21(22,23)24/h4-6,9-10,14H,7-8,11H2,1-3H3,(H,26,27)(H,32,33)(H,25,28,29). The van der Waals surface area contributed by atoms with Gasteiger partial charge in [0.15, 0.2) is 5.65 Å². The lowest BCUT2D eigenvalue weighted by atomic mass is 10.1. The molecule has 1 unspecified atom stereocenters. The van der Waals surface area contributed by atoms with Crippen molar-refractivity contribution in [2.75, 3.05) is 23.7 Å². The lowest BCUT2D eigenvalue weighted by Gasteiger charge is -2.21. The third-order valence-corrected chi connectivity index (χ3v) is 5.16. The molecule has 3 N–H and O–H groups in total. The van der Waals surface area contributed by atoms with E-state index in [4.69, 9.17) is 0 Å². The van der Waals surface area contributed by atoms with E-state index in [0.29, 0.717) is 30.1 Å². The molecule has 1 fully saturated rings. The lowest BCUT2D eigenvalue weighted by molar-refractivity contribution is -0.137. The summed E-state index contributed by atoms with van der Waals surface area (Å²) in [5.74, 6) is 0.638. The molecular formula is C21H24F3N7O2. The number of fused-ring (bicyclic) bond motifs is 1. The molecule has 3 aromatic rings. The number of likely N-dealkylation sites (tertiary alicyclic amines) is 1. The van der Waals surface area contributed by atoms with Crippen LogP contribution < -0.4 is 10.6 Å². The quantitative estimate of drug-likeness (QED) is 0.514. The maximum Gasteiger partial charge on any atom is 0.416 e. The van der Waals surface area contributed by atoms with E-state index >= 15 is 0 Å². The topological polar surface area (TPSA) is 108 Å². The van der Waals surface area contributed by atoms with Gasteiger partial charge in [-0.2, -0.15) is 18.2 Å². The van der Waals surface area contributed by atoms with Gasteiger partial charge in [0.2, 0.25) is 11.9 Å². The summed E-state index contributed by atoms with van der Waals surface area (Å²) in [6.07, 6.45) is -3.46. The van der Waals surface area contributed by atoms with Gasteiger partial charge in [-0.25, -0.2) is 14.8 Å². The highest BCUT2D eigenvalue weighted by atomic mass is 19.4. The second-order valence-electron chi connectivity index (χ2n) is 8.96. The number of carboxylic acid groups (broad SMARTS) is 1. The van der Waals surface area contributed by atoms with Crippen LogP contribution in [-0.2, 0) is 6.18 Å². The highest BCUT2D eigenvalue weighted by molar-refractivity contribution is 5.77. The van der Waals surface area contributed by atoms with Gasteiger partial charge in [0.25, 0.3) is 0 Å². The van der Waals surface area contributed by atoms with E-state index in [0.717, 1.165) is 12.1 Å². The fraction of sp³-hybridized carbons (Fsp3) is 0.429. The Morgan fingerprint density at radius 3 is 2.61 bits per heavy atom. The number of imidazole rings is 1. The third-order valence-electron chi connectivity index (χ3n) is 5.16. The minimum absolute atomic E-state index is 0.204. The van der Waals surface area contributed by atoms with Gasteiger partial charge >= 0.3 is 12.3 Å². The predicted octanol–water partition coefficient (Wildman–Crippen LogP) is 4.72. The van der Waals surface area contributed by atoms with Gasteiger partial charge in [-0.15, -0.1) is 0 Å². The normalized spacial score (nSPS) is 16.9. The summed E-state index contributed by atoms with van der Waals surface area (Å²) in [5, 5.41) is 15.5. The van der Waals surface area contributed by atoms with E-state index in [2.05, 4.69) is 25.6 Å². The van der Waals surface area contributed by atoms with Crippen molar-refractivity contribution >= 4 is 34.8 Å². The van der Waals surface area contributed by atoms with E-state index in [1.54, 1.807) is 4.57 Å². The van der Waals surface area contributed by atoms with E-state index in [1.165, 1.54) is 23.2 Å².